The van der Waals surface area contributed by atoms with Crippen LogP contribution in [-0.2, 0) is 4.79 Å². The lowest BCUT2D eigenvalue weighted by atomic mass is 10.1. The van der Waals surface area contributed by atoms with E-state index in [1.165, 1.54) is 11.3 Å². The number of nitrogens with one attached hydrogen (secondary N) is 1. The zero-order chi connectivity index (χ0) is 23.8. The maximum atomic E-state index is 13.6. The number of carbonyl (C=O) groups excluding carboxylic acids is 1. The van der Waals surface area contributed by atoms with E-state index >= 15 is 0 Å². The van der Waals surface area contributed by atoms with Crippen LogP contribution in [0.2, 0.25) is 0 Å². The molecule has 1 saturated heterocycles. The molecule has 4 aromatic rings. The van der Waals surface area contributed by atoms with Crippen LogP contribution in [-0.4, -0.2) is 47.1 Å². The Balaban J connectivity index is 1.46. The van der Waals surface area contributed by atoms with Crippen LogP contribution in [0.1, 0.15) is 24.2 Å². The lowest BCUT2D eigenvalue weighted by molar-refractivity contribution is -0.123. The fraction of sp³-hybridized carbons (Fsp3) is 0.222. The van der Waals surface area contributed by atoms with E-state index in [-0.39, 0.29) is 17.3 Å². The summed E-state index contributed by atoms with van der Waals surface area (Å²) in [5.74, 6) is 1.46. The molecule has 8 heteroatoms. The number of rotatable bonds is 4. The first-order chi connectivity index (χ1) is 17.2. The third kappa shape index (κ3) is 4.21. The fourth-order valence-electron chi connectivity index (χ4n) is 4.44. The average molecular weight is 486 g/mol. The van der Waals surface area contributed by atoms with Gasteiger partial charge in [0.2, 0.25) is 0 Å². The number of hydrogen-bond acceptors (Lipinski definition) is 6. The Morgan fingerprint density at radius 3 is 2.57 bits per heavy atom. The molecule has 0 atom stereocenters. The minimum absolute atomic E-state index is 0.139. The first-order valence-electron chi connectivity index (χ1n) is 11.7. The molecular weight excluding hydrogens is 462 g/mol. The number of hydrogen-bond donors (Lipinski definition) is 1. The van der Waals surface area contributed by atoms with Crippen molar-refractivity contribution < 1.29 is 14.3 Å². The highest BCUT2D eigenvalue weighted by Crippen LogP contribution is 2.34. The van der Waals surface area contributed by atoms with Gasteiger partial charge in [-0.15, -0.1) is 11.3 Å². The minimum Gasteiger partial charge on any atom is -0.486 e. The van der Waals surface area contributed by atoms with Crippen molar-refractivity contribution >= 4 is 39.1 Å². The average Bonchev–Trinajstić information content (AvgIpc) is 3.58. The Morgan fingerprint density at radius 1 is 1.00 bits per heavy atom. The number of benzene rings is 2. The summed E-state index contributed by atoms with van der Waals surface area (Å²) >= 11 is 1.45. The van der Waals surface area contributed by atoms with Crippen LogP contribution >= 0.6 is 11.3 Å². The standard InChI is InChI=1S/C27H23N3O4S/c31-25-20-16-23(18-6-2-1-3-7-18)35-26(20)29-24(28-25)19(27(32)30-10-4-5-11-30)14-17-8-9-21-22(15-17)34-13-12-33-21/h1-3,6-9,14-16H,4-5,10-13H2,(H,28,29,31)/b19-14+. The maximum Gasteiger partial charge on any atom is 0.259 e. The second-order valence-corrected chi connectivity index (χ2v) is 9.60. The van der Waals surface area contributed by atoms with Gasteiger partial charge in [-0.05, 0) is 48.2 Å². The van der Waals surface area contributed by atoms with E-state index in [2.05, 4.69) is 4.98 Å². The molecule has 4 heterocycles. The van der Waals surface area contributed by atoms with Crippen LogP contribution in [0.25, 0.3) is 32.3 Å². The molecule has 1 fully saturated rings. The molecule has 0 unspecified atom stereocenters. The van der Waals surface area contributed by atoms with E-state index in [9.17, 15) is 9.59 Å². The van der Waals surface area contributed by atoms with Gasteiger partial charge >= 0.3 is 0 Å². The van der Waals surface area contributed by atoms with Crippen LogP contribution in [0.4, 0.5) is 0 Å². The molecule has 7 nitrogen and oxygen atoms in total. The van der Waals surface area contributed by atoms with Gasteiger partial charge in [0.1, 0.15) is 23.9 Å². The monoisotopic (exact) mass is 485 g/mol. The zero-order valence-electron chi connectivity index (χ0n) is 19.0. The molecule has 1 amide bonds. The van der Waals surface area contributed by atoms with Crippen LogP contribution in [0, 0.1) is 0 Å². The van der Waals surface area contributed by atoms with Gasteiger partial charge < -0.3 is 19.4 Å². The van der Waals surface area contributed by atoms with Gasteiger partial charge in [-0.25, -0.2) is 4.98 Å². The Morgan fingerprint density at radius 2 is 1.77 bits per heavy atom. The van der Waals surface area contributed by atoms with Gasteiger partial charge in [-0.1, -0.05) is 36.4 Å². The molecule has 0 saturated carbocycles. The Hall–Kier alpha value is -3.91. The van der Waals surface area contributed by atoms with Crippen molar-refractivity contribution in [1.29, 1.82) is 0 Å². The molecule has 6 rings (SSSR count). The third-order valence-corrected chi connectivity index (χ3v) is 7.29. The van der Waals surface area contributed by atoms with Crippen molar-refractivity contribution in [1.82, 2.24) is 14.9 Å². The molecule has 0 aliphatic carbocycles. The normalized spacial score (nSPS) is 15.5. The first kappa shape index (κ1) is 21.6. The van der Waals surface area contributed by atoms with Crippen molar-refractivity contribution in [3.05, 3.63) is 76.3 Å². The van der Waals surface area contributed by atoms with Gasteiger partial charge in [0.25, 0.3) is 11.5 Å². The van der Waals surface area contributed by atoms with Gasteiger partial charge in [0.15, 0.2) is 11.5 Å². The van der Waals surface area contributed by atoms with Gasteiger partial charge in [0, 0.05) is 18.0 Å². The van der Waals surface area contributed by atoms with E-state index in [1.54, 1.807) is 6.08 Å². The number of thiophene rings is 1. The van der Waals surface area contributed by atoms with Gasteiger partial charge in [0.05, 0.1) is 11.0 Å². The number of aromatic amines is 1. The molecule has 0 bridgehead atoms. The van der Waals surface area contributed by atoms with Crippen molar-refractivity contribution in [2.24, 2.45) is 0 Å². The molecule has 1 N–H and O–H groups in total. The van der Waals surface area contributed by atoms with E-state index in [4.69, 9.17) is 14.5 Å². The number of H-pyrrole nitrogens is 1. The molecule has 35 heavy (non-hydrogen) atoms. The smallest absolute Gasteiger partial charge is 0.259 e. The summed E-state index contributed by atoms with van der Waals surface area (Å²) in [5.41, 5.74) is 1.90. The quantitative estimate of drug-likeness (QED) is 0.428. The van der Waals surface area contributed by atoms with E-state index in [1.807, 2.05) is 59.5 Å². The van der Waals surface area contributed by atoms with Crippen molar-refractivity contribution in [2.75, 3.05) is 26.3 Å². The highest BCUT2D eigenvalue weighted by Gasteiger charge is 2.25. The van der Waals surface area contributed by atoms with Crippen LogP contribution in [0.5, 0.6) is 11.5 Å². The van der Waals surface area contributed by atoms with Crippen molar-refractivity contribution in [3.63, 3.8) is 0 Å². The number of likely N-dealkylation sites (tertiary alicyclic amines) is 1. The summed E-state index contributed by atoms with van der Waals surface area (Å²) in [6, 6.07) is 17.3. The Labute approximate surface area is 205 Å². The Bertz CT molecular complexity index is 1500. The molecule has 176 valence electrons. The first-order valence-corrected chi connectivity index (χ1v) is 12.5. The third-order valence-electron chi connectivity index (χ3n) is 6.22. The van der Waals surface area contributed by atoms with Gasteiger partial charge in [-0.3, -0.25) is 9.59 Å². The minimum atomic E-state index is -0.259. The summed E-state index contributed by atoms with van der Waals surface area (Å²) < 4.78 is 11.3. The molecule has 0 radical (unpaired) electrons. The fourth-order valence-corrected chi connectivity index (χ4v) is 5.48. The summed E-state index contributed by atoms with van der Waals surface area (Å²) in [6.07, 6.45) is 3.71. The summed E-state index contributed by atoms with van der Waals surface area (Å²) in [5, 5.41) is 0.518. The molecule has 2 aromatic carbocycles. The van der Waals surface area contributed by atoms with Crippen LogP contribution in [0.15, 0.2) is 59.4 Å². The molecule has 2 aliphatic heterocycles. The molecule has 2 aliphatic rings. The lowest BCUT2D eigenvalue weighted by Crippen LogP contribution is -2.29. The number of amides is 1. The van der Waals surface area contributed by atoms with E-state index < -0.39 is 0 Å². The number of carbonyl (C=O) groups is 1. The number of aromatic nitrogens is 2. The zero-order valence-corrected chi connectivity index (χ0v) is 19.8. The summed E-state index contributed by atoms with van der Waals surface area (Å²) in [4.78, 5) is 37.6. The lowest BCUT2D eigenvalue weighted by Gasteiger charge is -2.19. The highest BCUT2D eigenvalue weighted by molar-refractivity contribution is 7.21. The maximum absolute atomic E-state index is 13.6. The summed E-state index contributed by atoms with van der Waals surface area (Å²) in [7, 11) is 0. The SMILES string of the molecule is O=C(/C(=C/c1ccc2c(c1)OCCO2)c1nc2sc(-c3ccccc3)cc2c(=O)[nH]1)N1CCCC1. The Kier molecular flexibility index (Phi) is 5.58. The predicted molar refractivity (Wildman–Crippen MR) is 137 cm³/mol. The predicted octanol–water partition coefficient (Wildman–Crippen LogP) is 4.59. The number of ether oxygens (including phenoxy) is 2. The topological polar surface area (TPSA) is 84.5 Å². The van der Waals surface area contributed by atoms with Crippen LogP contribution in [0.3, 0.4) is 0 Å². The van der Waals surface area contributed by atoms with E-state index in [0.29, 0.717) is 53.6 Å². The van der Waals surface area contributed by atoms with Crippen molar-refractivity contribution in [3.8, 4) is 21.9 Å². The van der Waals surface area contributed by atoms with Gasteiger partial charge in [-0.2, -0.15) is 0 Å². The second kappa shape index (κ2) is 9.03. The van der Waals surface area contributed by atoms with E-state index in [0.717, 1.165) is 28.8 Å². The second-order valence-electron chi connectivity index (χ2n) is 8.57. The molecule has 0 spiro atoms. The molecule has 2 aromatic heterocycles. The van der Waals surface area contributed by atoms with Crippen LogP contribution < -0.4 is 15.0 Å². The number of nitrogens with zero attached hydrogens (tertiary/aromatic N) is 2. The summed E-state index contributed by atoms with van der Waals surface area (Å²) in [6.45, 7) is 2.38. The highest BCUT2D eigenvalue weighted by atomic mass is 32.1. The number of fused-ring (bicyclic) bond motifs is 2. The largest absolute Gasteiger partial charge is 0.486 e. The molecular formula is C27H23N3O4S. The van der Waals surface area contributed by atoms with Crippen molar-refractivity contribution in [2.45, 2.75) is 12.8 Å².